The molecule has 29 heavy (non-hydrogen) atoms. The molecule has 1 fully saturated rings. The first-order valence-corrected chi connectivity index (χ1v) is 10.1. The second-order valence-corrected chi connectivity index (χ2v) is 7.97. The summed E-state index contributed by atoms with van der Waals surface area (Å²) < 4.78 is 10.8. The van der Waals surface area contributed by atoms with Gasteiger partial charge in [0.2, 0.25) is 0 Å². The minimum atomic E-state index is -0.454. The fourth-order valence-electron chi connectivity index (χ4n) is 3.06. The van der Waals surface area contributed by atoms with E-state index in [1.165, 1.54) is 0 Å². The SMILES string of the molecule is CN=C(NCCN1CCN(C(=O)OC(C)(C)C)CC1)NCc1ccccc1OC. The van der Waals surface area contributed by atoms with E-state index in [1.54, 1.807) is 19.1 Å². The predicted octanol–water partition coefficient (Wildman–Crippen LogP) is 1.91. The molecule has 2 rings (SSSR count). The lowest BCUT2D eigenvalue weighted by molar-refractivity contribution is 0.0147. The van der Waals surface area contributed by atoms with Crippen LogP contribution in [0.1, 0.15) is 26.3 Å². The highest BCUT2D eigenvalue weighted by atomic mass is 16.6. The van der Waals surface area contributed by atoms with Crippen LogP contribution in [0.5, 0.6) is 5.75 Å². The lowest BCUT2D eigenvalue weighted by Crippen LogP contribution is -2.51. The molecule has 2 N–H and O–H groups in total. The van der Waals surface area contributed by atoms with Gasteiger partial charge in [0.25, 0.3) is 0 Å². The van der Waals surface area contributed by atoms with E-state index in [1.807, 2.05) is 45.0 Å². The Kier molecular flexibility index (Phi) is 8.57. The number of ether oxygens (including phenoxy) is 2. The summed E-state index contributed by atoms with van der Waals surface area (Å²) >= 11 is 0. The van der Waals surface area contributed by atoms with E-state index >= 15 is 0 Å². The first-order chi connectivity index (χ1) is 13.8. The molecule has 1 aliphatic rings. The Hall–Kier alpha value is -2.48. The van der Waals surface area contributed by atoms with Crippen LogP contribution >= 0.6 is 0 Å². The van der Waals surface area contributed by atoms with Gasteiger partial charge in [-0.05, 0) is 26.8 Å². The summed E-state index contributed by atoms with van der Waals surface area (Å²) in [5, 5.41) is 6.65. The topological polar surface area (TPSA) is 78.4 Å². The molecule has 1 aromatic carbocycles. The Morgan fingerprint density at radius 2 is 1.83 bits per heavy atom. The first kappa shape index (κ1) is 22.8. The molecule has 8 nitrogen and oxygen atoms in total. The molecule has 1 saturated heterocycles. The number of carbonyl (C=O) groups is 1. The fraction of sp³-hybridized carbons (Fsp3) is 0.619. The van der Waals surface area contributed by atoms with E-state index in [2.05, 4.69) is 20.5 Å². The Labute approximate surface area is 174 Å². The number of hydrogen-bond acceptors (Lipinski definition) is 5. The highest BCUT2D eigenvalue weighted by molar-refractivity contribution is 5.79. The van der Waals surface area contributed by atoms with Gasteiger partial charge >= 0.3 is 6.09 Å². The molecular formula is C21H35N5O3. The standard InChI is InChI=1S/C21H35N5O3/c1-21(2,3)29-20(27)26-14-12-25(13-15-26)11-10-23-19(22-4)24-16-17-8-6-7-9-18(17)28-5/h6-9H,10-16H2,1-5H3,(H2,22,23,24). The molecule has 0 radical (unpaired) electrons. The van der Waals surface area contributed by atoms with E-state index in [9.17, 15) is 4.79 Å². The van der Waals surface area contributed by atoms with Crippen molar-refractivity contribution in [3.63, 3.8) is 0 Å². The van der Waals surface area contributed by atoms with Gasteiger partial charge in [-0.3, -0.25) is 9.89 Å². The molecule has 1 aromatic rings. The minimum absolute atomic E-state index is 0.226. The molecular weight excluding hydrogens is 370 g/mol. The average Bonchev–Trinajstić information content (AvgIpc) is 2.70. The van der Waals surface area contributed by atoms with Crippen LogP contribution < -0.4 is 15.4 Å². The first-order valence-electron chi connectivity index (χ1n) is 10.1. The van der Waals surface area contributed by atoms with E-state index in [-0.39, 0.29) is 6.09 Å². The van der Waals surface area contributed by atoms with Crippen LogP contribution in [0.15, 0.2) is 29.3 Å². The van der Waals surface area contributed by atoms with Crippen LogP contribution in [0.3, 0.4) is 0 Å². The van der Waals surface area contributed by atoms with Gasteiger partial charge in [0, 0.05) is 58.4 Å². The fourth-order valence-corrected chi connectivity index (χ4v) is 3.06. The van der Waals surface area contributed by atoms with Crippen molar-refractivity contribution < 1.29 is 14.3 Å². The lowest BCUT2D eigenvalue weighted by atomic mass is 10.2. The number of para-hydroxylation sites is 1. The number of carbonyl (C=O) groups excluding carboxylic acids is 1. The molecule has 1 amide bonds. The van der Waals surface area contributed by atoms with Crippen molar-refractivity contribution in [2.45, 2.75) is 32.9 Å². The Morgan fingerprint density at radius 3 is 2.45 bits per heavy atom. The zero-order chi connectivity index (χ0) is 21.3. The maximum absolute atomic E-state index is 12.1. The maximum Gasteiger partial charge on any atom is 0.410 e. The van der Waals surface area contributed by atoms with Crippen molar-refractivity contribution in [2.24, 2.45) is 4.99 Å². The van der Waals surface area contributed by atoms with Gasteiger partial charge in [-0.25, -0.2) is 4.79 Å². The maximum atomic E-state index is 12.1. The zero-order valence-electron chi connectivity index (χ0n) is 18.3. The Balaban J connectivity index is 1.68. The van der Waals surface area contributed by atoms with Crippen LogP contribution in [-0.2, 0) is 11.3 Å². The molecule has 1 aliphatic heterocycles. The molecule has 0 atom stereocenters. The molecule has 0 unspecified atom stereocenters. The van der Waals surface area contributed by atoms with E-state index in [0.717, 1.165) is 43.5 Å². The Bertz CT molecular complexity index is 679. The summed E-state index contributed by atoms with van der Waals surface area (Å²) in [7, 11) is 3.44. The summed E-state index contributed by atoms with van der Waals surface area (Å²) in [5.41, 5.74) is 0.626. The van der Waals surface area contributed by atoms with Gasteiger partial charge in [-0.15, -0.1) is 0 Å². The van der Waals surface area contributed by atoms with E-state index in [4.69, 9.17) is 9.47 Å². The smallest absolute Gasteiger partial charge is 0.410 e. The third-order valence-electron chi connectivity index (χ3n) is 4.61. The predicted molar refractivity (Wildman–Crippen MR) is 115 cm³/mol. The monoisotopic (exact) mass is 405 g/mol. The van der Waals surface area contributed by atoms with Gasteiger partial charge in [0.15, 0.2) is 5.96 Å². The molecule has 0 bridgehead atoms. The third kappa shape index (κ3) is 7.81. The normalized spacial score (nSPS) is 15.8. The number of aliphatic imine (C=N–C) groups is 1. The van der Waals surface area contributed by atoms with Gasteiger partial charge in [-0.2, -0.15) is 0 Å². The largest absolute Gasteiger partial charge is 0.496 e. The van der Waals surface area contributed by atoms with E-state index in [0.29, 0.717) is 19.6 Å². The molecule has 1 heterocycles. The molecule has 0 spiro atoms. The van der Waals surface area contributed by atoms with Crippen molar-refractivity contribution in [3.05, 3.63) is 29.8 Å². The number of benzene rings is 1. The van der Waals surface area contributed by atoms with Gasteiger partial charge in [0.05, 0.1) is 7.11 Å². The summed E-state index contributed by atoms with van der Waals surface area (Å²) in [6.07, 6.45) is -0.226. The summed E-state index contributed by atoms with van der Waals surface area (Å²) in [5.74, 6) is 1.61. The molecule has 0 aromatic heterocycles. The van der Waals surface area contributed by atoms with Crippen LogP contribution in [0, 0.1) is 0 Å². The highest BCUT2D eigenvalue weighted by Gasteiger charge is 2.25. The number of amides is 1. The summed E-state index contributed by atoms with van der Waals surface area (Å²) in [4.78, 5) is 20.5. The number of nitrogens with one attached hydrogen (secondary N) is 2. The van der Waals surface area contributed by atoms with Gasteiger partial charge < -0.3 is 25.0 Å². The van der Waals surface area contributed by atoms with Crippen LogP contribution in [-0.4, -0.2) is 80.9 Å². The van der Waals surface area contributed by atoms with E-state index < -0.39 is 5.60 Å². The third-order valence-corrected chi connectivity index (χ3v) is 4.61. The van der Waals surface area contributed by atoms with Crippen LogP contribution in [0.25, 0.3) is 0 Å². The molecule has 162 valence electrons. The second-order valence-electron chi connectivity index (χ2n) is 7.97. The van der Waals surface area contributed by atoms with Crippen LogP contribution in [0.2, 0.25) is 0 Å². The lowest BCUT2D eigenvalue weighted by Gasteiger charge is -2.35. The minimum Gasteiger partial charge on any atom is -0.496 e. The Morgan fingerprint density at radius 1 is 1.14 bits per heavy atom. The number of nitrogens with zero attached hydrogens (tertiary/aromatic N) is 3. The van der Waals surface area contributed by atoms with Gasteiger partial charge in [-0.1, -0.05) is 18.2 Å². The summed E-state index contributed by atoms with van der Waals surface area (Å²) in [6.45, 7) is 11.0. The highest BCUT2D eigenvalue weighted by Crippen LogP contribution is 2.16. The number of guanidine groups is 1. The molecule has 0 saturated carbocycles. The van der Waals surface area contributed by atoms with Crippen molar-refractivity contribution >= 4 is 12.1 Å². The average molecular weight is 406 g/mol. The number of piperazine rings is 1. The molecule has 0 aliphatic carbocycles. The zero-order valence-corrected chi connectivity index (χ0v) is 18.3. The van der Waals surface area contributed by atoms with Crippen molar-refractivity contribution in [1.82, 2.24) is 20.4 Å². The van der Waals surface area contributed by atoms with Crippen molar-refractivity contribution in [3.8, 4) is 5.75 Å². The quantitative estimate of drug-likeness (QED) is 0.556. The van der Waals surface area contributed by atoms with Crippen LogP contribution in [0.4, 0.5) is 4.79 Å². The summed E-state index contributed by atoms with van der Waals surface area (Å²) in [6, 6.07) is 7.93. The van der Waals surface area contributed by atoms with Crippen molar-refractivity contribution in [2.75, 3.05) is 53.4 Å². The van der Waals surface area contributed by atoms with Gasteiger partial charge in [0.1, 0.15) is 11.4 Å². The second kappa shape index (κ2) is 10.9. The number of methoxy groups -OCH3 is 1. The number of hydrogen-bond donors (Lipinski definition) is 2. The van der Waals surface area contributed by atoms with Crippen molar-refractivity contribution in [1.29, 1.82) is 0 Å². The number of rotatable bonds is 6. The molecule has 8 heteroatoms.